The van der Waals surface area contributed by atoms with Crippen LogP contribution in [0, 0.1) is 20.8 Å². The Bertz CT molecular complexity index is 1340. The lowest BCUT2D eigenvalue weighted by atomic mass is 10.1. The van der Waals surface area contributed by atoms with Crippen LogP contribution in [0.2, 0.25) is 0 Å². The minimum atomic E-state index is -3.79. The van der Waals surface area contributed by atoms with Gasteiger partial charge in [-0.15, -0.1) is 0 Å². The van der Waals surface area contributed by atoms with Crippen molar-refractivity contribution in [3.05, 3.63) is 53.1 Å². The van der Waals surface area contributed by atoms with Crippen LogP contribution in [-0.2, 0) is 19.6 Å². The summed E-state index contributed by atoms with van der Waals surface area (Å²) in [6, 6.07) is 10.2. The standard InChI is InChI=1S/C26H31N3O4S2/c1-17-8-10-21(11-9-17)35(31,32)29-12-4-7-22(29)25(30)28(16-20-6-5-13-33-20)26-27-24-19(3)14-18(2)15-23(24)34-26/h8-11,14-15,20,22H,4-7,12-13,16H2,1-3H3. The zero-order chi connectivity index (χ0) is 24.7. The lowest BCUT2D eigenvalue weighted by molar-refractivity contribution is -0.122. The van der Waals surface area contributed by atoms with Crippen molar-refractivity contribution in [2.24, 2.45) is 0 Å². The van der Waals surface area contributed by atoms with E-state index in [1.165, 1.54) is 15.6 Å². The Labute approximate surface area is 210 Å². The normalized spacial score (nSPS) is 21.1. The summed E-state index contributed by atoms with van der Waals surface area (Å²) in [5, 5.41) is 0.605. The topological polar surface area (TPSA) is 79.8 Å². The molecule has 0 spiro atoms. The van der Waals surface area contributed by atoms with Crippen LogP contribution in [0.25, 0.3) is 10.2 Å². The van der Waals surface area contributed by atoms with Crippen LogP contribution in [0.3, 0.4) is 0 Å². The minimum absolute atomic E-state index is 0.0719. The van der Waals surface area contributed by atoms with E-state index in [2.05, 4.69) is 12.1 Å². The van der Waals surface area contributed by atoms with E-state index in [9.17, 15) is 13.2 Å². The van der Waals surface area contributed by atoms with Crippen LogP contribution in [-0.4, -0.2) is 55.5 Å². The van der Waals surface area contributed by atoms with Crippen LogP contribution in [0.4, 0.5) is 5.13 Å². The van der Waals surface area contributed by atoms with Crippen molar-refractivity contribution in [2.45, 2.75) is 63.5 Å². The fourth-order valence-corrected chi connectivity index (χ4v) is 7.84. The molecule has 1 amide bonds. The van der Waals surface area contributed by atoms with Gasteiger partial charge < -0.3 is 4.74 Å². The molecule has 9 heteroatoms. The van der Waals surface area contributed by atoms with Crippen LogP contribution >= 0.6 is 11.3 Å². The fraction of sp³-hybridized carbons (Fsp3) is 0.462. The molecule has 7 nitrogen and oxygen atoms in total. The number of aromatic nitrogens is 1. The van der Waals surface area contributed by atoms with Crippen molar-refractivity contribution >= 4 is 42.6 Å². The molecule has 2 fully saturated rings. The molecule has 0 radical (unpaired) electrons. The summed E-state index contributed by atoms with van der Waals surface area (Å²) in [4.78, 5) is 20.8. The number of nitrogens with zero attached hydrogens (tertiary/aromatic N) is 3. The van der Waals surface area contributed by atoms with E-state index in [-0.39, 0.29) is 16.9 Å². The maximum atomic E-state index is 14.0. The summed E-state index contributed by atoms with van der Waals surface area (Å²) in [5.41, 5.74) is 4.09. The number of carbonyl (C=O) groups is 1. The Morgan fingerprint density at radius 1 is 1.11 bits per heavy atom. The van der Waals surface area contributed by atoms with Crippen molar-refractivity contribution in [2.75, 3.05) is 24.6 Å². The van der Waals surface area contributed by atoms with Crippen LogP contribution in [0.1, 0.15) is 42.4 Å². The zero-order valence-corrected chi connectivity index (χ0v) is 22.0. The summed E-state index contributed by atoms with van der Waals surface area (Å²) >= 11 is 1.48. The van der Waals surface area contributed by atoms with Crippen LogP contribution < -0.4 is 4.90 Å². The number of ether oxygens (including phenoxy) is 1. The summed E-state index contributed by atoms with van der Waals surface area (Å²) in [5.74, 6) is -0.220. The van der Waals surface area contributed by atoms with Gasteiger partial charge in [0.05, 0.1) is 27.8 Å². The van der Waals surface area contributed by atoms with E-state index >= 15 is 0 Å². The predicted molar refractivity (Wildman–Crippen MR) is 139 cm³/mol. The molecule has 3 aromatic rings. The highest BCUT2D eigenvalue weighted by Crippen LogP contribution is 2.35. The first kappa shape index (κ1) is 24.4. The smallest absolute Gasteiger partial charge is 0.247 e. The lowest BCUT2D eigenvalue weighted by Crippen LogP contribution is -2.49. The molecular formula is C26H31N3O4S2. The van der Waals surface area contributed by atoms with Gasteiger partial charge in [0.25, 0.3) is 0 Å². The Balaban J connectivity index is 1.50. The minimum Gasteiger partial charge on any atom is -0.376 e. The highest BCUT2D eigenvalue weighted by molar-refractivity contribution is 7.89. The third kappa shape index (κ3) is 4.74. The second kappa shape index (κ2) is 9.61. The number of hydrogen-bond donors (Lipinski definition) is 0. The number of carbonyl (C=O) groups excluding carboxylic acids is 1. The summed E-state index contributed by atoms with van der Waals surface area (Å²) in [7, 11) is -3.79. The molecule has 0 bridgehead atoms. The molecule has 2 aromatic carbocycles. The van der Waals surface area contributed by atoms with E-state index in [1.54, 1.807) is 29.2 Å². The molecule has 1 aromatic heterocycles. The van der Waals surface area contributed by atoms with Gasteiger partial charge in [-0.05, 0) is 75.8 Å². The fourth-order valence-electron chi connectivity index (χ4n) is 5.03. The molecule has 35 heavy (non-hydrogen) atoms. The number of rotatable bonds is 6. The molecule has 186 valence electrons. The van der Waals surface area contributed by atoms with Crippen molar-refractivity contribution in [1.29, 1.82) is 0 Å². The predicted octanol–water partition coefficient (Wildman–Crippen LogP) is 4.59. The van der Waals surface area contributed by atoms with Crippen LogP contribution in [0.5, 0.6) is 0 Å². The van der Waals surface area contributed by atoms with Crippen molar-refractivity contribution in [3.8, 4) is 0 Å². The number of hydrogen-bond acceptors (Lipinski definition) is 6. The third-order valence-corrected chi connectivity index (χ3v) is 9.79. The highest BCUT2D eigenvalue weighted by atomic mass is 32.2. The first-order valence-electron chi connectivity index (χ1n) is 12.1. The Morgan fingerprint density at radius 2 is 1.89 bits per heavy atom. The molecule has 2 aliphatic rings. The van der Waals surface area contributed by atoms with Gasteiger partial charge in [-0.25, -0.2) is 13.4 Å². The lowest BCUT2D eigenvalue weighted by Gasteiger charge is -2.29. The molecule has 2 unspecified atom stereocenters. The van der Waals surface area contributed by atoms with E-state index in [4.69, 9.17) is 9.72 Å². The number of benzene rings is 2. The monoisotopic (exact) mass is 513 g/mol. The zero-order valence-electron chi connectivity index (χ0n) is 20.4. The van der Waals surface area contributed by atoms with Gasteiger partial charge in [0.15, 0.2) is 5.13 Å². The maximum absolute atomic E-state index is 14.0. The maximum Gasteiger partial charge on any atom is 0.247 e. The number of sulfonamides is 1. The molecule has 0 N–H and O–H groups in total. The second-order valence-corrected chi connectivity index (χ2v) is 12.5. The average Bonchev–Trinajstić information content (AvgIpc) is 3.57. The molecule has 0 saturated carbocycles. The van der Waals surface area contributed by atoms with Gasteiger partial charge in [-0.2, -0.15) is 4.31 Å². The van der Waals surface area contributed by atoms with Gasteiger partial charge in [0.1, 0.15) is 6.04 Å². The van der Waals surface area contributed by atoms with Crippen molar-refractivity contribution in [1.82, 2.24) is 9.29 Å². The third-order valence-electron chi connectivity index (χ3n) is 6.84. The second-order valence-electron chi connectivity index (χ2n) is 9.60. The molecule has 3 heterocycles. The SMILES string of the molecule is Cc1ccc(S(=O)(=O)N2CCCC2C(=O)N(CC2CCCO2)c2nc3c(C)cc(C)cc3s2)cc1. The quantitative estimate of drug-likeness (QED) is 0.482. The molecular weight excluding hydrogens is 482 g/mol. The number of fused-ring (bicyclic) bond motifs is 1. The summed E-state index contributed by atoms with van der Waals surface area (Å²) < 4.78 is 35.3. The van der Waals surface area contributed by atoms with Gasteiger partial charge >= 0.3 is 0 Å². The molecule has 2 saturated heterocycles. The number of thiazole rings is 1. The number of anilines is 1. The average molecular weight is 514 g/mol. The largest absolute Gasteiger partial charge is 0.376 e. The van der Waals surface area contributed by atoms with Crippen molar-refractivity contribution in [3.63, 3.8) is 0 Å². The number of amides is 1. The summed E-state index contributed by atoms with van der Waals surface area (Å²) in [6.45, 7) is 7.39. The molecule has 5 rings (SSSR count). The van der Waals surface area contributed by atoms with E-state index < -0.39 is 16.1 Å². The van der Waals surface area contributed by atoms with E-state index in [0.717, 1.165) is 39.7 Å². The van der Waals surface area contributed by atoms with Gasteiger partial charge in [-0.3, -0.25) is 9.69 Å². The first-order valence-corrected chi connectivity index (χ1v) is 14.4. The van der Waals surface area contributed by atoms with E-state index in [0.29, 0.717) is 37.7 Å². The molecule has 2 aliphatic heterocycles. The Hall–Kier alpha value is -2.33. The van der Waals surface area contributed by atoms with Crippen LogP contribution in [0.15, 0.2) is 41.3 Å². The highest BCUT2D eigenvalue weighted by Gasteiger charge is 2.42. The molecule has 0 aliphatic carbocycles. The number of aryl methyl sites for hydroxylation is 3. The first-order chi connectivity index (χ1) is 16.7. The van der Waals surface area contributed by atoms with E-state index in [1.807, 2.05) is 20.8 Å². The summed E-state index contributed by atoms with van der Waals surface area (Å²) in [6.07, 6.45) is 2.91. The van der Waals surface area contributed by atoms with Gasteiger partial charge in [0.2, 0.25) is 15.9 Å². The Kier molecular flexibility index (Phi) is 6.69. The van der Waals surface area contributed by atoms with Gasteiger partial charge in [0, 0.05) is 13.2 Å². The Morgan fingerprint density at radius 3 is 2.60 bits per heavy atom. The molecule has 2 atom stereocenters. The van der Waals surface area contributed by atoms with Gasteiger partial charge in [-0.1, -0.05) is 35.1 Å². The van der Waals surface area contributed by atoms with Crippen molar-refractivity contribution < 1.29 is 17.9 Å².